The zero-order chi connectivity index (χ0) is 26.2. The molecule has 2 atom stereocenters. The first-order valence-electron chi connectivity index (χ1n) is 11.6. The summed E-state index contributed by atoms with van der Waals surface area (Å²) in [5.74, 6) is 2.23. The number of nitrogens with one attached hydrogen (secondary N) is 2. The molecule has 0 bridgehead atoms. The van der Waals surface area contributed by atoms with Gasteiger partial charge in [0.25, 0.3) is 0 Å². The first-order chi connectivity index (χ1) is 17.3. The van der Waals surface area contributed by atoms with Gasteiger partial charge in [-0.05, 0) is 46.0 Å². The minimum absolute atomic E-state index is 0.131. The summed E-state index contributed by atoms with van der Waals surface area (Å²) in [4.78, 5) is 9.67. The number of ether oxygens (including phenoxy) is 3. The number of benzene rings is 1. The molecule has 1 aromatic carbocycles. The van der Waals surface area contributed by atoms with Crippen LogP contribution in [0.3, 0.4) is 0 Å². The molecule has 36 heavy (non-hydrogen) atoms. The van der Waals surface area contributed by atoms with Crippen molar-refractivity contribution in [2.24, 2.45) is 0 Å². The van der Waals surface area contributed by atoms with Gasteiger partial charge in [-0.1, -0.05) is 16.8 Å². The number of aryl methyl sites for hydroxylation is 2. The van der Waals surface area contributed by atoms with E-state index in [1.54, 1.807) is 39.5 Å². The molecule has 0 saturated heterocycles. The second kappa shape index (κ2) is 13.0. The van der Waals surface area contributed by atoms with Crippen LogP contribution in [0.2, 0.25) is 5.02 Å². The molecule has 3 rings (SSSR count). The third kappa shape index (κ3) is 6.71. The fourth-order valence-electron chi connectivity index (χ4n) is 3.73. The minimum atomic E-state index is -0.646. The van der Waals surface area contributed by atoms with E-state index in [1.165, 1.54) is 0 Å². The van der Waals surface area contributed by atoms with Crippen LogP contribution in [0.25, 0.3) is 22.6 Å². The van der Waals surface area contributed by atoms with E-state index in [9.17, 15) is 5.11 Å². The van der Waals surface area contributed by atoms with Crippen LogP contribution >= 0.6 is 11.6 Å². The lowest BCUT2D eigenvalue weighted by atomic mass is 10.0. The smallest absolute Gasteiger partial charge is 0.163 e. The van der Waals surface area contributed by atoms with Gasteiger partial charge in [-0.15, -0.1) is 0 Å². The topological polar surface area (TPSA) is 124 Å². The Morgan fingerprint density at radius 2 is 1.89 bits per heavy atom. The highest BCUT2D eigenvalue weighted by molar-refractivity contribution is 6.33. The first-order valence-corrected chi connectivity index (χ1v) is 12.0. The highest BCUT2D eigenvalue weighted by Gasteiger charge is 2.22. The molecule has 0 amide bonds. The number of aliphatic hydroxyl groups is 1. The third-order valence-corrected chi connectivity index (χ3v) is 5.99. The number of likely N-dealkylation sites (N-methyl/N-ethyl adjacent to an activating group) is 1. The number of rotatable bonds is 13. The zero-order valence-electron chi connectivity index (χ0n) is 21.5. The van der Waals surface area contributed by atoms with Gasteiger partial charge in [-0.2, -0.15) is 0 Å². The maximum absolute atomic E-state index is 9.99. The molecule has 2 aromatic heterocycles. The van der Waals surface area contributed by atoms with E-state index >= 15 is 0 Å². The maximum Gasteiger partial charge on any atom is 0.163 e. The van der Waals surface area contributed by atoms with Gasteiger partial charge >= 0.3 is 0 Å². The van der Waals surface area contributed by atoms with E-state index in [2.05, 4.69) is 15.8 Å². The number of halogens is 1. The van der Waals surface area contributed by atoms with Gasteiger partial charge < -0.3 is 34.5 Å². The summed E-state index contributed by atoms with van der Waals surface area (Å²) in [6.07, 6.45) is -0.813. The number of anilines is 1. The van der Waals surface area contributed by atoms with Crippen molar-refractivity contribution in [1.29, 1.82) is 0 Å². The lowest BCUT2D eigenvalue weighted by Gasteiger charge is -2.19. The molecule has 3 aromatic rings. The van der Waals surface area contributed by atoms with Crippen LogP contribution in [0.15, 0.2) is 22.7 Å². The van der Waals surface area contributed by atoms with Gasteiger partial charge in [0.15, 0.2) is 5.82 Å². The van der Waals surface area contributed by atoms with Crippen molar-refractivity contribution < 1.29 is 23.8 Å². The summed E-state index contributed by atoms with van der Waals surface area (Å²) in [5, 5.41) is 20.8. The number of hydrogen-bond donors (Lipinski definition) is 3. The number of methoxy groups -OCH3 is 2. The number of aromatic nitrogens is 3. The first kappa shape index (κ1) is 27.8. The fraction of sp³-hybridized carbons (Fsp3) is 0.480. The number of aliphatic hydroxyl groups excluding tert-OH is 1. The Kier molecular flexibility index (Phi) is 10.0. The van der Waals surface area contributed by atoms with Gasteiger partial charge in [-0.3, -0.25) is 0 Å². The molecule has 0 aliphatic heterocycles. The molecule has 11 heteroatoms. The molecule has 0 aliphatic rings. The Morgan fingerprint density at radius 3 is 2.53 bits per heavy atom. The SMILES string of the molecule is CNCC(O)COc1ccc(Cl)c(-c2nc(NCC(COC)OC)c(C)c(-c3c(C)noc3C)n2)c1. The Morgan fingerprint density at radius 1 is 1.11 bits per heavy atom. The maximum atomic E-state index is 9.99. The highest BCUT2D eigenvalue weighted by Crippen LogP contribution is 2.36. The third-order valence-electron chi connectivity index (χ3n) is 5.66. The predicted molar refractivity (Wildman–Crippen MR) is 139 cm³/mol. The molecule has 0 spiro atoms. The van der Waals surface area contributed by atoms with E-state index in [-0.39, 0.29) is 12.7 Å². The molecule has 196 valence electrons. The molecule has 3 N–H and O–H groups in total. The van der Waals surface area contributed by atoms with Crippen LogP contribution < -0.4 is 15.4 Å². The Bertz CT molecular complexity index is 1140. The minimum Gasteiger partial charge on any atom is -0.491 e. The van der Waals surface area contributed by atoms with Crippen molar-refractivity contribution in [1.82, 2.24) is 20.4 Å². The lowest BCUT2D eigenvalue weighted by Crippen LogP contribution is -2.29. The molecule has 0 aliphatic carbocycles. The summed E-state index contributed by atoms with van der Waals surface area (Å²) in [5.41, 5.74) is 3.64. The molecule has 10 nitrogen and oxygen atoms in total. The van der Waals surface area contributed by atoms with Crippen molar-refractivity contribution in [2.75, 3.05) is 52.9 Å². The van der Waals surface area contributed by atoms with Crippen molar-refractivity contribution in [2.45, 2.75) is 33.0 Å². The van der Waals surface area contributed by atoms with Crippen LogP contribution in [0.5, 0.6) is 5.75 Å². The fourth-order valence-corrected chi connectivity index (χ4v) is 3.93. The second-order valence-electron chi connectivity index (χ2n) is 8.43. The van der Waals surface area contributed by atoms with Crippen LogP contribution in [0.1, 0.15) is 17.0 Å². The Labute approximate surface area is 216 Å². The van der Waals surface area contributed by atoms with Crippen molar-refractivity contribution >= 4 is 17.4 Å². The molecular formula is C25H34ClN5O5. The summed E-state index contributed by atoms with van der Waals surface area (Å²) >= 11 is 6.58. The van der Waals surface area contributed by atoms with Crippen molar-refractivity contribution in [3.05, 3.63) is 40.2 Å². The summed E-state index contributed by atoms with van der Waals surface area (Å²) in [7, 11) is 5.03. The van der Waals surface area contributed by atoms with Crippen LogP contribution in [0, 0.1) is 20.8 Å². The second-order valence-corrected chi connectivity index (χ2v) is 8.83. The van der Waals surface area contributed by atoms with Crippen LogP contribution in [-0.4, -0.2) is 80.0 Å². The largest absolute Gasteiger partial charge is 0.491 e. The van der Waals surface area contributed by atoms with E-state index in [4.69, 9.17) is 40.3 Å². The predicted octanol–water partition coefficient (Wildman–Crippen LogP) is 3.41. The monoisotopic (exact) mass is 519 g/mol. The average molecular weight is 520 g/mol. The van der Waals surface area contributed by atoms with Gasteiger partial charge in [-0.25, -0.2) is 9.97 Å². The summed E-state index contributed by atoms with van der Waals surface area (Å²) in [6.45, 7) is 7.12. The average Bonchev–Trinajstić information content (AvgIpc) is 3.19. The van der Waals surface area contributed by atoms with E-state index in [1.807, 2.05) is 20.8 Å². The Balaban J connectivity index is 2.05. The molecule has 2 heterocycles. The zero-order valence-corrected chi connectivity index (χ0v) is 22.3. The van der Waals surface area contributed by atoms with E-state index in [0.29, 0.717) is 59.1 Å². The quantitative estimate of drug-likeness (QED) is 0.309. The molecular weight excluding hydrogens is 486 g/mol. The number of hydrogen-bond acceptors (Lipinski definition) is 10. The van der Waals surface area contributed by atoms with Crippen LogP contribution in [0.4, 0.5) is 5.82 Å². The van der Waals surface area contributed by atoms with Crippen molar-refractivity contribution in [3.8, 4) is 28.4 Å². The van der Waals surface area contributed by atoms with Gasteiger partial charge in [0, 0.05) is 38.4 Å². The molecule has 0 radical (unpaired) electrons. The highest BCUT2D eigenvalue weighted by atomic mass is 35.5. The van der Waals surface area contributed by atoms with E-state index in [0.717, 1.165) is 16.8 Å². The normalized spacial score (nSPS) is 13.0. The standard InChI is InChI=1S/C25H34ClN5O5/c1-14-23(22-15(2)31-36-16(22)3)29-25(30-24(14)28-11-19(34-6)13-33-5)20-9-18(7-8-21(20)26)35-12-17(32)10-27-4/h7-9,17,19,27,32H,10-13H2,1-6H3,(H,28,29,30). The van der Waals surface area contributed by atoms with Crippen LogP contribution in [-0.2, 0) is 9.47 Å². The molecule has 2 unspecified atom stereocenters. The Hall–Kier alpha value is -2.76. The van der Waals surface area contributed by atoms with Gasteiger partial charge in [0.2, 0.25) is 0 Å². The molecule has 0 fully saturated rings. The summed E-state index contributed by atoms with van der Waals surface area (Å²) in [6, 6.07) is 5.24. The number of nitrogens with zero attached hydrogens (tertiary/aromatic N) is 3. The van der Waals surface area contributed by atoms with Crippen molar-refractivity contribution in [3.63, 3.8) is 0 Å². The molecule has 0 saturated carbocycles. The van der Waals surface area contributed by atoms with E-state index < -0.39 is 6.10 Å². The summed E-state index contributed by atoms with van der Waals surface area (Å²) < 4.78 is 21.9. The lowest BCUT2D eigenvalue weighted by molar-refractivity contribution is 0.0365. The van der Waals surface area contributed by atoms with Gasteiger partial charge in [0.05, 0.1) is 34.7 Å². The van der Waals surface area contributed by atoms with Gasteiger partial charge in [0.1, 0.15) is 30.0 Å².